The largest absolute Gasteiger partial charge is 0.494 e. The zero-order valence-corrected chi connectivity index (χ0v) is 19.8. The minimum atomic E-state index is -4.87. The van der Waals surface area contributed by atoms with Gasteiger partial charge < -0.3 is 10.4 Å². The highest BCUT2D eigenvalue weighted by Gasteiger charge is 2.22. The second-order valence-corrected chi connectivity index (χ2v) is 10.0. The van der Waals surface area contributed by atoms with Crippen molar-refractivity contribution in [2.75, 3.05) is 5.32 Å². The minimum absolute atomic E-state index is 0.0174. The molecule has 0 amide bonds. The first-order chi connectivity index (χ1) is 16.6. The Morgan fingerprint density at radius 1 is 1.08 bits per heavy atom. The van der Waals surface area contributed by atoms with E-state index in [1.54, 1.807) is 0 Å². The Kier molecular flexibility index (Phi) is 7.16. The molecular weight excluding hydrogens is 530 g/mol. The number of nitrogens with zero attached hydrogens (tertiary/aromatic N) is 5. The lowest BCUT2D eigenvalue weighted by Gasteiger charge is -2.12. The Labute approximate surface area is 201 Å². The standard InChI is InChI=1S/C18H16F2N6O8S2/c1-8-10(7-35(29,30)31)16(27)26(2)17(28)15(8)25-24-11-5-9(3-4-12(11)36(32,33)34)21-14-6-13(19)22-18(20)23-14/h3-6,27H,7H2,1-2H3,(H,21,22,23)(H,29,30,31)(H,32,33,34). The van der Waals surface area contributed by atoms with Gasteiger partial charge in [-0.05, 0) is 30.7 Å². The van der Waals surface area contributed by atoms with Crippen LogP contribution in [0.5, 0.6) is 5.88 Å². The number of hydrogen-bond donors (Lipinski definition) is 4. The number of azo groups is 1. The van der Waals surface area contributed by atoms with Crippen LogP contribution in [0.4, 0.5) is 31.7 Å². The third kappa shape index (κ3) is 6.03. The van der Waals surface area contributed by atoms with E-state index in [0.717, 1.165) is 31.3 Å². The van der Waals surface area contributed by atoms with Gasteiger partial charge in [-0.15, -0.1) is 10.2 Å². The van der Waals surface area contributed by atoms with Crippen molar-refractivity contribution in [3.8, 4) is 5.88 Å². The number of pyridine rings is 1. The molecule has 0 saturated carbocycles. The van der Waals surface area contributed by atoms with Crippen molar-refractivity contribution in [1.29, 1.82) is 0 Å². The van der Waals surface area contributed by atoms with Gasteiger partial charge in [0.1, 0.15) is 22.2 Å². The van der Waals surface area contributed by atoms with Gasteiger partial charge in [0.25, 0.3) is 25.8 Å². The highest BCUT2D eigenvalue weighted by atomic mass is 32.2. The number of nitrogens with one attached hydrogen (secondary N) is 1. The number of rotatable bonds is 7. The molecule has 0 unspecified atom stereocenters. The van der Waals surface area contributed by atoms with E-state index in [2.05, 4.69) is 25.5 Å². The predicted molar refractivity (Wildman–Crippen MR) is 119 cm³/mol. The second-order valence-electron chi connectivity index (χ2n) is 7.19. The Bertz CT molecular complexity index is 1650. The first-order valence-corrected chi connectivity index (χ1v) is 12.5. The molecule has 14 nitrogen and oxygen atoms in total. The molecule has 1 aromatic carbocycles. The van der Waals surface area contributed by atoms with Gasteiger partial charge in [-0.1, -0.05) is 0 Å². The molecule has 3 aromatic rings. The van der Waals surface area contributed by atoms with Crippen LogP contribution in [0.15, 0.2) is 44.2 Å². The summed E-state index contributed by atoms with van der Waals surface area (Å²) in [6.07, 6.45) is -1.38. The third-order valence-corrected chi connectivity index (χ3v) is 6.22. The van der Waals surface area contributed by atoms with Crippen LogP contribution >= 0.6 is 0 Å². The second kappa shape index (κ2) is 9.64. The molecule has 0 spiro atoms. The maximum absolute atomic E-state index is 13.3. The summed E-state index contributed by atoms with van der Waals surface area (Å²) < 4.78 is 92.1. The van der Waals surface area contributed by atoms with E-state index in [1.165, 1.54) is 6.92 Å². The summed E-state index contributed by atoms with van der Waals surface area (Å²) in [5.74, 6) is -3.37. The van der Waals surface area contributed by atoms with Gasteiger partial charge in [0.05, 0.1) is 0 Å². The molecule has 0 aliphatic heterocycles. The molecule has 0 atom stereocenters. The van der Waals surface area contributed by atoms with Crippen molar-refractivity contribution < 1.29 is 39.8 Å². The van der Waals surface area contributed by atoms with Crippen LogP contribution in [-0.2, 0) is 33.0 Å². The highest BCUT2D eigenvalue weighted by Crippen LogP contribution is 2.32. The maximum atomic E-state index is 13.3. The van der Waals surface area contributed by atoms with Gasteiger partial charge in [-0.25, -0.2) is 0 Å². The van der Waals surface area contributed by atoms with Gasteiger partial charge in [0, 0.05) is 24.4 Å². The van der Waals surface area contributed by atoms with E-state index in [-0.39, 0.29) is 22.6 Å². The predicted octanol–water partition coefficient (Wildman–Crippen LogP) is 2.26. The molecule has 36 heavy (non-hydrogen) atoms. The van der Waals surface area contributed by atoms with E-state index in [9.17, 15) is 40.1 Å². The summed E-state index contributed by atoms with van der Waals surface area (Å²) in [5.41, 5.74) is -2.59. The number of anilines is 2. The molecule has 4 N–H and O–H groups in total. The monoisotopic (exact) mass is 546 g/mol. The molecule has 0 radical (unpaired) electrons. The van der Waals surface area contributed by atoms with Crippen molar-refractivity contribution >= 4 is 43.1 Å². The number of halogens is 2. The van der Waals surface area contributed by atoms with Crippen molar-refractivity contribution in [2.45, 2.75) is 17.6 Å². The zero-order chi connectivity index (χ0) is 27.0. The third-order valence-electron chi connectivity index (χ3n) is 4.66. The Balaban J connectivity index is 2.14. The highest BCUT2D eigenvalue weighted by molar-refractivity contribution is 7.86. The van der Waals surface area contributed by atoms with Gasteiger partial charge in [-0.3, -0.25) is 18.5 Å². The Hall–Kier alpha value is -3.87. The Morgan fingerprint density at radius 3 is 2.33 bits per heavy atom. The number of aromatic nitrogens is 3. The summed E-state index contributed by atoms with van der Waals surface area (Å²) in [6.45, 7) is 1.20. The summed E-state index contributed by atoms with van der Waals surface area (Å²) in [4.78, 5) is 18.0. The maximum Gasteiger partial charge on any atom is 0.313 e. The fourth-order valence-corrected chi connectivity index (χ4v) is 4.31. The van der Waals surface area contributed by atoms with E-state index in [0.29, 0.717) is 4.57 Å². The van der Waals surface area contributed by atoms with Crippen LogP contribution in [0, 0.1) is 18.9 Å². The van der Waals surface area contributed by atoms with Crippen LogP contribution in [0.2, 0.25) is 0 Å². The van der Waals surface area contributed by atoms with Gasteiger partial charge in [0.15, 0.2) is 11.6 Å². The molecule has 2 aromatic heterocycles. The fourth-order valence-electron chi connectivity index (χ4n) is 3.00. The van der Waals surface area contributed by atoms with Crippen molar-refractivity contribution in [2.24, 2.45) is 17.3 Å². The molecule has 2 heterocycles. The van der Waals surface area contributed by atoms with Gasteiger partial charge in [0.2, 0.25) is 5.95 Å². The van der Waals surface area contributed by atoms with Crippen molar-refractivity contribution in [3.63, 3.8) is 0 Å². The average Bonchev–Trinajstić information content (AvgIpc) is 2.73. The molecule has 3 rings (SSSR count). The fraction of sp³-hybridized carbons (Fsp3) is 0.167. The topological polar surface area (TPSA) is 213 Å². The molecule has 18 heteroatoms. The molecular formula is C18H16F2N6O8S2. The van der Waals surface area contributed by atoms with Crippen LogP contribution in [-0.4, -0.2) is 45.6 Å². The average molecular weight is 546 g/mol. The summed E-state index contributed by atoms with van der Waals surface area (Å²) in [6, 6.07) is 3.71. The van der Waals surface area contributed by atoms with Crippen LogP contribution in [0.3, 0.4) is 0 Å². The van der Waals surface area contributed by atoms with Crippen LogP contribution < -0.4 is 10.9 Å². The molecule has 0 aliphatic rings. The number of aromatic hydroxyl groups is 1. The normalized spacial score (nSPS) is 12.3. The summed E-state index contributed by atoms with van der Waals surface area (Å²) in [7, 11) is -8.43. The quantitative estimate of drug-likeness (QED) is 0.146. The molecule has 0 saturated heterocycles. The summed E-state index contributed by atoms with van der Waals surface area (Å²) >= 11 is 0. The SMILES string of the molecule is Cc1c(CS(=O)(=O)O)c(O)n(C)c(=O)c1N=Nc1cc(Nc2cc(F)nc(F)n2)ccc1S(=O)(=O)O. The summed E-state index contributed by atoms with van der Waals surface area (Å²) in [5, 5.41) is 19.9. The van der Waals surface area contributed by atoms with E-state index in [1.807, 2.05) is 0 Å². The lowest BCUT2D eigenvalue weighted by atomic mass is 10.1. The van der Waals surface area contributed by atoms with Gasteiger partial charge in [-0.2, -0.15) is 35.6 Å². The van der Waals surface area contributed by atoms with Crippen LogP contribution in [0.25, 0.3) is 0 Å². The van der Waals surface area contributed by atoms with Gasteiger partial charge >= 0.3 is 6.08 Å². The number of hydrogen-bond acceptors (Lipinski definition) is 11. The number of benzene rings is 1. The van der Waals surface area contributed by atoms with Crippen molar-refractivity contribution in [1.82, 2.24) is 14.5 Å². The lowest BCUT2D eigenvalue weighted by Crippen LogP contribution is -2.20. The molecule has 0 aliphatic carbocycles. The van der Waals surface area contributed by atoms with Crippen molar-refractivity contribution in [3.05, 3.63) is 57.8 Å². The Morgan fingerprint density at radius 2 is 1.75 bits per heavy atom. The zero-order valence-electron chi connectivity index (χ0n) is 18.2. The van der Waals surface area contributed by atoms with Crippen LogP contribution in [0.1, 0.15) is 11.1 Å². The first-order valence-electron chi connectivity index (χ1n) is 9.44. The molecule has 0 bridgehead atoms. The lowest BCUT2D eigenvalue weighted by molar-refractivity contribution is 0.415. The first kappa shape index (κ1) is 26.7. The van der Waals surface area contributed by atoms with E-state index < -0.39 is 65.7 Å². The smallest absolute Gasteiger partial charge is 0.313 e. The molecule has 192 valence electrons. The van der Waals surface area contributed by atoms with E-state index >= 15 is 0 Å². The molecule has 0 fully saturated rings. The minimum Gasteiger partial charge on any atom is -0.494 e. The van der Waals surface area contributed by atoms with E-state index in [4.69, 9.17) is 4.55 Å².